The second-order valence-electron chi connectivity index (χ2n) is 6.24. The Balaban J connectivity index is 1.71. The van der Waals surface area contributed by atoms with Crippen LogP contribution >= 0.6 is 23.2 Å². The number of hydrogen-bond donors (Lipinski definition) is 1. The van der Waals surface area contributed by atoms with E-state index in [0.29, 0.717) is 32.6 Å². The molecule has 0 fully saturated rings. The molecule has 4 nitrogen and oxygen atoms in total. The molecule has 0 aliphatic heterocycles. The number of carbonyl (C=O) groups is 1. The molecule has 0 atom stereocenters. The van der Waals surface area contributed by atoms with E-state index in [1.165, 1.54) is 18.2 Å². The average Bonchev–Trinajstić information content (AvgIpc) is 2.71. The molecule has 0 unspecified atom stereocenters. The molecule has 7 heteroatoms. The van der Waals surface area contributed by atoms with Crippen molar-refractivity contribution in [1.29, 1.82) is 5.26 Å². The van der Waals surface area contributed by atoms with Crippen LogP contribution in [0.2, 0.25) is 10.0 Å². The van der Waals surface area contributed by atoms with E-state index in [2.05, 4.69) is 5.32 Å². The fourth-order valence-electron chi connectivity index (χ4n) is 2.59. The Morgan fingerprint density at radius 1 is 1.10 bits per heavy atom. The molecule has 1 N–H and O–H groups in total. The standard InChI is InChI=1S/C23H15Cl2FN2O2/c24-18-4-2-6-20(12-18)28-23(29)17(13-27)9-15-7-8-22(21(25)11-15)30-14-16-3-1-5-19(26)10-16/h1-12H,14H2,(H,28,29)/b17-9+. The summed E-state index contributed by atoms with van der Waals surface area (Å²) in [5.41, 5.74) is 1.60. The number of hydrogen-bond acceptors (Lipinski definition) is 3. The summed E-state index contributed by atoms with van der Waals surface area (Å²) in [6.07, 6.45) is 1.42. The summed E-state index contributed by atoms with van der Waals surface area (Å²) in [6, 6.07) is 19.4. The molecule has 3 aromatic carbocycles. The van der Waals surface area contributed by atoms with E-state index in [1.54, 1.807) is 54.6 Å². The predicted molar refractivity (Wildman–Crippen MR) is 116 cm³/mol. The van der Waals surface area contributed by atoms with E-state index in [0.717, 1.165) is 0 Å². The first-order valence-electron chi connectivity index (χ1n) is 8.80. The van der Waals surface area contributed by atoms with E-state index in [4.69, 9.17) is 27.9 Å². The molecular weight excluding hydrogens is 426 g/mol. The summed E-state index contributed by atoms with van der Waals surface area (Å²) in [7, 11) is 0. The quantitative estimate of drug-likeness (QED) is 0.363. The molecule has 3 rings (SSSR count). The zero-order valence-corrected chi connectivity index (χ0v) is 17.0. The van der Waals surface area contributed by atoms with Gasteiger partial charge in [0.25, 0.3) is 5.91 Å². The van der Waals surface area contributed by atoms with Crippen molar-refractivity contribution in [3.63, 3.8) is 0 Å². The number of anilines is 1. The van der Waals surface area contributed by atoms with Crippen LogP contribution in [0.4, 0.5) is 10.1 Å². The Hall–Kier alpha value is -3.33. The molecule has 0 aromatic heterocycles. The van der Waals surface area contributed by atoms with Crippen molar-refractivity contribution in [3.05, 3.63) is 99.3 Å². The number of rotatable bonds is 6. The van der Waals surface area contributed by atoms with Crippen molar-refractivity contribution in [2.24, 2.45) is 0 Å². The highest BCUT2D eigenvalue weighted by atomic mass is 35.5. The van der Waals surface area contributed by atoms with Crippen molar-refractivity contribution >= 4 is 40.9 Å². The molecule has 150 valence electrons. The summed E-state index contributed by atoms with van der Waals surface area (Å²) in [6.45, 7) is 0.151. The first kappa shape index (κ1) is 21.4. The Kier molecular flexibility index (Phi) is 7.08. The van der Waals surface area contributed by atoms with Crippen LogP contribution < -0.4 is 10.1 Å². The molecule has 0 heterocycles. The molecule has 0 aliphatic carbocycles. The lowest BCUT2D eigenvalue weighted by molar-refractivity contribution is -0.112. The molecular formula is C23H15Cl2FN2O2. The van der Waals surface area contributed by atoms with Gasteiger partial charge in [0, 0.05) is 10.7 Å². The summed E-state index contributed by atoms with van der Waals surface area (Å²) >= 11 is 12.2. The van der Waals surface area contributed by atoms with Crippen LogP contribution in [0.15, 0.2) is 72.3 Å². The van der Waals surface area contributed by atoms with Gasteiger partial charge in [0.2, 0.25) is 0 Å². The van der Waals surface area contributed by atoms with Crippen LogP contribution in [-0.2, 0) is 11.4 Å². The SMILES string of the molecule is N#C/C(=C\c1ccc(OCc2cccc(F)c2)c(Cl)c1)C(=O)Nc1cccc(Cl)c1. The van der Waals surface area contributed by atoms with Crippen LogP contribution in [0, 0.1) is 17.1 Å². The third-order valence-corrected chi connectivity index (χ3v) is 4.53. The van der Waals surface area contributed by atoms with Crippen molar-refractivity contribution < 1.29 is 13.9 Å². The number of nitriles is 1. The first-order valence-corrected chi connectivity index (χ1v) is 9.56. The van der Waals surface area contributed by atoms with E-state index in [-0.39, 0.29) is 18.0 Å². The monoisotopic (exact) mass is 440 g/mol. The van der Waals surface area contributed by atoms with Crippen LogP contribution in [-0.4, -0.2) is 5.91 Å². The number of nitrogens with zero attached hydrogens (tertiary/aromatic N) is 1. The highest BCUT2D eigenvalue weighted by Crippen LogP contribution is 2.27. The smallest absolute Gasteiger partial charge is 0.266 e. The van der Waals surface area contributed by atoms with Gasteiger partial charge in [-0.1, -0.05) is 47.5 Å². The second-order valence-corrected chi connectivity index (χ2v) is 7.09. The molecule has 0 aliphatic rings. The molecule has 1 amide bonds. The molecule has 30 heavy (non-hydrogen) atoms. The fraction of sp³-hybridized carbons (Fsp3) is 0.0435. The lowest BCUT2D eigenvalue weighted by Gasteiger charge is -2.09. The topological polar surface area (TPSA) is 62.1 Å². The molecule has 0 spiro atoms. The minimum atomic E-state index is -0.567. The number of halogens is 3. The fourth-order valence-corrected chi connectivity index (χ4v) is 3.03. The number of nitrogens with one attached hydrogen (secondary N) is 1. The maximum atomic E-state index is 13.2. The van der Waals surface area contributed by atoms with Crippen molar-refractivity contribution in [1.82, 2.24) is 0 Å². The molecule has 0 bridgehead atoms. The van der Waals surface area contributed by atoms with Crippen LogP contribution in [0.5, 0.6) is 5.75 Å². The van der Waals surface area contributed by atoms with Crippen LogP contribution in [0.1, 0.15) is 11.1 Å². The van der Waals surface area contributed by atoms with Crippen molar-refractivity contribution in [2.75, 3.05) is 5.32 Å². The van der Waals surface area contributed by atoms with E-state index in [9.17, 15) is 14.4 Å². The second kappa shape index (κ2) is 9.93. The van der Waals surface area contributed by atoms with Crippen LogP contribution in [0.25, 0.3) is 6.08 Å². The zero-order valence-electron chi connectivity index (χ0n) is 15.5. The molecule has 0 radical (unpaired) electrons. The van der Waals surface area contributed by atoms with Gasteiger partial charge in [0.1, 0.15) is 29.8 Å². The molecule has 0 saturated heterocycles. The Labute approximate surface area is 183 Å². The number of carbonyl (C=O) groups excluding carboxylic acids is 1. The van der Waals surface area contributed by atoms with Gasteiger partial charge in [0.15, 0.2) is 0 Å². The summed E-state index contributed by atoms with van der Waals surface area (Å²) in [4.78, 5) is 12.4. The zero-order chi connectivity index (χ0) is 21.5. The third-order valence-electron chi connectivity index (χ3n) is 4.00. The highest BCUT2D eigenvalue weighted by Gasteiger charge is 2.11. The van der Waals surface area contributed by atoms with Gasteiger partial charge in [0.05, 0.1) is 5.02 Å². The van der Waals surface area contributed by atoms with Crippen molar-refractivity contribution in [2.45, 2.75) is 6.61 Å². The Bertz CT molecular complexity index is 1160. The van der Waals surface area contributed by atoms with Gasteiger partial charge in [-0.15, -0.1) is 0 Å². The van der Waals surface area contributed by atoms with Crippen molar-refractivity contribution in [3.8, 4) is 11.8 Å². The predicted octanol–water partition coefficient (Wildman–Crippen LogP) is 6.26. The van der Waals surface area contributed by atoms with E-state index >= 15 is 0 Å². The average molecular weight is 441 g/mol. The highest BCUT2D eigenvalue weighted by molar-refractivity contribution is 6.32. The van der Waals surface area contributed by atoms with Gasteiger partial charge >= 0.3 is 0 Å². The van der Waals surface area contributed by atoms with E-state index < -0.39 is 5.91 Å². The third kappa shape index (κ3) is 5.84. The molecule has 3 aromatic rings. The van der Waals surface area contributed by atoms with E-state index in [1.807, 2.05) is 6.07 Å². The lowest BCUT2D eigenvalue weighted by Crippen LogP contribution is -2.13. The number of amides is 1. The summed E-state index contributed by atoms with van der Waals surface area (Å²) in [5, 5.41) is 12.7. The Morgan fingerprint density at radius 2 is 1.90 bits per heavy atom. The van der Waals surface area contributed by atoms with Gasteiger partial charge in [-0.25, -0.2) is 4.39 Å². The van der Waals surface area contributed by atoms with Crippen LogP contribution in [0.3, 0.4) is 0 Å². The maximum Gasteiger partial charge on any atom is 0.266 e. The first-order chi connectivity index (χ1) is 14.4. The summed E-state index contributed by atoms with van der Waals surface area (Å²) < 4.78 is 18.9. The lowest BCUT2D eigenvalue weighted by atomic mass is 10.1. The van der Waals surface area contributed by atoms with Gasteiger partial charge < -0.3 is 10.1 Å². The number of ether oxygens (including phenoxy) is 1. The summed E-state index contributed by atoms with van der Waals surface area (Å²) in [5.74, 6) is -0.509. The minimum Gasteiger partial charge on any atom is -0.487 e. The minimum absolute atomic E-state index is 0.0977. The van der Waals surface area contributed by atoms with Gasteiger partial charge in [-0.3, -0.25) is 4.79 Å². The Morgan fingerprint density at radius 3 is 2.60 bits per heavy atom. The van der Waals surface area contributed by atoms with Gasteiger partial charge in [-0.05, 0) is 59.7 Å². The number of benzene rings is 3. The molecule has 0 saturated carbocycles. The van der Waals surface area contributed by atoms with Gasteiger partial charge in [-0.2, -0.15) is 5.26 Å². The maximum absolute atomic E-state index is 13.2. The normalized spacial score (nSPS) is 10.9. The largest absolute Gasteiger partial charge is 0.487 e.